The predicted molar refractivity (Wildman–Crippen MR) is 88.6 cm³/mol. The first-order valence-electron chi connectivity index (χ1n) is 7.03. The van der Waals surface area contributed by atoms with E-state index < -0.39 is 5.91 Å². The molecule has 3 aromatic rings. The topological polar surface area (TPSA) is 87.2 Å². The summed E-state index contributed by atoms with van der Waals surface area (Å²) in [5.41, 5.74) is 4.19. The van der Waals surface area contributed by atoms with Gasteiger partial charge in [-0.05, 0) is 24.1 Å². The second kappa shape index (κ2) is 6.23. The van der Waals surface area contributed by atoms with Crippen LogP contribution in [0.25, 0.3) is 10.8 Å². The van der Waals surface area contributed by atoms with Gasteiger partial charge >= 0.3 is 0 Å². The Balaban J connectivity index is 1.86. The van der Waals surface area contributed by atoms with Crippen LogP contribution >= 0.6 is 0 Å². The van der Waals surface area contributed by atoms with Crippen LogP contribution in [0.4, 0.5) is 0 Å². The van der Waals surface area contributed by atoms with Gasteiger partial charge < -0.3 is 0 Å². The molecular weight excluding hydrogens is 292 g/mol. The number of nitrogens with one attached hydrogen (secondary N) is 2. The lowest BCUT2D eigenvalue weighted by molar-refractivity contribution is 0.0951. The number of carbonyl (C=O) groups is 1. The highest BCUT2D eigenvalue weighted by Crippen LogP contribution is 2.12. The summed E-state index contributed by atoms with van der Waals surface area (Å²) in [6.45, 7) is 1.96. The molecular formula is C17H14N4O2. The molecule has 0 atom stereocenters. The lowest BCUT2D eigenvalue weighted by Gasteiger charge is -2.03. The maximum absolute atomic E-state index is 12.2. The first-order valence-corrected chi connectivity index (χ1v) is 7.03. The van der Waals surface area contributed by atoms with E-state index in [1.54, 1.807) is 30.5 Å². The molecule has 23 heavy (non-hydrogen) atoms. The highest BCUT2D eigenvalue weighted by Gasteiger charge is 2.13. The molecule has 2 N–H and O–H groups in total. The van der Waals surface area contributed by atoms with Crippen LogP contribution < -0.4 is 11.0 Å². The maximum atomic E-state index is 12.2. The summed E-state index contributed by atoms with van der Waals surface area (Å²) >= 11 is 0. The zero-order chi connectivity index (χ0) is 16.2. The van der Waals surface area contributed by atoms with Crippen molar-refractivity contribution in [2.75, 3.05) is 0 Å². The van der Waals surface area contributed by atoms with Crippen molar-refractivity contribution in [1.82, 2.24) is 15.6 Å². The molecule has 0 aliphatic heterocycles. The van der Waals surface area contributed by atoms with Crippen LogP contribution in [0.15, 0.2) is 58.4 Å². The number of hydrogen-bond donors (Lipinski definition) is 2. The minimum Gasteiger partial charge on any atom is -0.267 e. The SMILES string of the molecule is Cc1ccccc1/C=N\NC(=O)c1n[nH]c(=O)c2ccccc12. The first-order chi connectivity index (χ1) is 11.2. The average molecular weight is 306 g/mol. The number of fused-ring (bicyclic) bond motifs is 1. The summed E-state index contributed by atoms with van der Waals surface area (Å²) in [5.74, 6) is -0.484. The lowest BCUT2D eigenvalue weighted by atomic mass is 10.1. The Morgan fingerprint density at radius 1 is 1.13 bits per heavy atom. The zero-order valence-electron chi connectivity index (χ0n) is 12.4. The predicted octanol–water partition coefficient (Wildman–Crippen LogP) is 2.00. The van der Waals surface area contributed by atoms with Crippen molar-refractivity contribution in [2.24, 2.45) is 5.10 Å². The van der Waals surface area contributed by atoms with Crippen molar-refractivity contribution in [3.05, 3.63) is 75.7 Å². The van der Waals surface area contributed by atoms with E-state index in [1.165, 1.54) is 0 Å². The van der Waals surface area contributed by atoms with E-state index in [0.29, 0.717) is 10.8 Å². The van der Waals surface area contributed by atoms with Crippen LogP contribution in [-0.4, -0.2) is 22.3 Å². The van der Waals surface area contributed by atoms with Gasteiger partial charge in [0.1, 0.15) is 0 Å². The van der Waals surface area contributed by atoms with Crippen molar-refractivity contribution in [3.8, 4) is 0 Å². The molecule has 1 amide bonds. The molecule has 114 valence electrons. The van der Waals surface area contributed by atoms with Crippen molar-refractivity contribution < 1.29 is 4.79 Å². The molecule has 3 rings (SSSR count). The molecule has 1 aromatic heterocycles. The normalized spacial score (nSPS) is 11.0. The first kappa shape index (κ1) is 14.6. The van der Waals surface area contributed by atoms with Crippen LogP contribution in [0.2, 0.25) is 0 Å². The minimum atomic E-state index is -0.484. The van der Waals surface area contributed by atoms with Crippen LogP contribution in [-0.2, 0) is 0 Å². The molecule has 6 heteroatoms. The highest BCUT2D eigenvalue weighted by atomic mass is 16.2. The van der Waals surface area contributed by atoms with Gasteiger partial charge in [0.2, 0.25) is 0 Å². The number of amides is 1. The van der Waals surface area contributed by atoms with Gasteiger partial charge in [-0.2, -0.15) is 10.2 Å². The summed E-state index contributed by atoms with van der Waals surface area (Å²) in [5, 5.41) is 11.0. The van der Waals surface area contributed by atoms with E-state index in [0.717, 1.165) is 11.1 Å². The molecule has 0 saturated heterocycles. The van der Waals surface area contributed by atoms with Gasteiger partial charge in [-0.25, -0.2) is 10.5 Å². The molecule has 0 bridgehead atoms. The number of nitrogens with zero attached hydrogens (tertiary/aromatic N) is 2. The molecule has 6 nitrogen and oxygen atoms in total. The molecule has 0 unspecified atom stereocenters. The molecule has 0 radical (unpaired) electrons. The Kier molecular flexibility index (Phi) is 3.97. The van der Waals surface area contributed by atoms with Crippen LogP contribution in [0.1, 0.15) is 21.6 Å². The number of aromatic amines is 1. The van der Waals surface area contributed by atoms with Gasteiger partial charge in [0.15, 0.2) is 5.69 Å². The van der Waals surface area contributed by atoms with Gasteiger partial charge in [-0.1, -0.05) is 42.5 Å². The second-order valence-corrected chi connectivity index (χ2v) is 5.00. The van der Waals surface area contributed by atoms with Gasteiger partial charge in [0.25, 0.3) is 11.5 Å². The van der Waals surface area contributed by atoms with E-state index in [9.17, 15) is 9.59 Å². The summed E-state index contributed by atoms with van der Waals surface area (Å²) < 4.78 is 0. The quantitative estimate of drug-likeness (QED) is 0.573. The van der Waals surface area contributed by atoms with E-state index in [2.05, 4.69) is 20.7 Å². The number of aryl methyl sites for hydroxylation is 1. The molecule has 1 heterocycles. The molecule has 0 fully saturated rings. The molecule has 0 aliphatic carbocycles. The summed E-state index contributed by atoms with van der Waals surface area (Å²) in [7, 11) is 0. The Hall–Kier alpha value is -3.28. The number of H-pyrrole nitrogens is 1. The Morgan fingerprint density at radius 3 is 2.61 bits per heavy atom. The maximum Gasteiger partial charge on any atom is 0.292 e. The van der Waals surface area contributed by atoms with Crippen LogP contribution in [0.3, 0.4) is 0 Å². The summed E-state index contributed by atoms with van der Waals surface area (Å²) in [6.07, 6.45) is 1.57. The molecule has 2 aromatic carbocycles. The van der Waals surface area contributed by atoms with Crippen molar-refractivity contribution in [2.45, 2.75) is 6.92 Å². The zero-order valence-corrected chi connectivity index (χ0v) is 12.4. The molecule has 0 saturated carbocycles. The monoisotopic (exact) mass is 306 g/mol. The van der Waals surface area contributed by atoms with Crippen LogP contribution in [0, 0.1) is 6.92 Å². The minimum absolute atomic E-state index is 0.127. The summed E-state index contributed by atoms with van der Waals surface area (Å²) in [6, 6.07) is 14.5. The number of hydrogen-bond acceptors (Lipinski definition) is 4. The number of benzene rings is 2. The lowest BCUT2D eigenvalue weighted by Crippen LogP contribution is -2.22. The van der Waals surface area contributed by atoms with Crippen molar-refractivity contribution in [3.63, 3.8) is 0 Å². The number of rotatable bonds is 3. The largest absolute Gasteiger partial charge is 0.292 e. The Morgan fingerprint density at radius 2 is 1.83 bits per heavy atom. The third-order valence-electron chi connectivity index (χ3n) is 3.47. The number of aromatic nitrogens is 2. The third-order valence-corrected chi connectivity index (χ3v) is 3.47. The fraction of sp³-hybridized carbons (Fsp3) is 0.0588. The Labute approximate surface area is 131 Å². The third kappa shape index (κ3) is 3.01. The standard InChI is InChI=1S/C17H14N4O2/c1-11-6-2-3-7-12(11)10-18-20-17(23)15-13-8-4-5-9-14(13)16(22)21-19-15/h2-10H,1H3,(H,20,23)(H,21,22)/b18-10-. The highest BCUT2D eigenvalue weighted by molar-refractivity contribution is 6.04. The number of carbonyl (C=O) groups excluding carboxylic acids is 1. The fourth-order valence-corrected chi connectivity index (χ4v) is 2.23. The molecule has 0 aliphatic rings. The van der Waals surface area contributed by atoms with Crippen molar-refractivity contribution >= 4 is 22.9 Å². The van der Waals surface area contributed by atoms with Gasteiger partial charge in [0.05, 0.1) is 11.6 Å². The van der Waals surface area contributed by atoms with Gasteiger partial charge in [-0.15, -0.1) is 0 Å². The number of hydrazone groups is 1. The van der Waals surface area contributed by atoms with E-state index in [1.807, 2.05) is 31.2 Å². The van der Waals surface area contributed by atoms with Gasteiger partial charge in [0, 0.05) is 5.39 Å². The van der Waals surface area contributed by atoms with Gasteiger partial charge in [-0.3, -0.25) is 9.59 Å². The van der Waals surface area contributed by atoms with Crippen LogP contribution in [0.5, 0.6) is 0 Å². The van der Waals surface area contributed by atoms with E-state index in [-0.39, 0.29) is 11.3 Å². The molecule has 0 spiro atoms. The van der Waals surface area contributed by atoms with E-state index in [4.69, 9.17) is 0 Å². The second-order valence-electron chi connectivity index (χ2n) is 5.00. The smallest absolute Gasteiger partial charge is 0.267 e. The van der Waals surface area contributed by atoms with E-state index >= 15 is 0 Å². The Bertz CT molecular complexity index is 960. The fourth-order valence-electron chi connectivity index (χ4n) is 2.23. The average Bonchev–Trinajstić information content (AvgIpc) is 2.57. The van der Waals surface area contributed by atoms with Crippen molar-refractivity contribution in [1.29, 1.82) is 0 Å². The summed E-state index contributed by atoms with van der Waals surface area (Å²) in [4.78, 5) is 23.9.